The molecule has 0 aliphatic carbocycles. The monoisotopic (exact) mass is 491 g/mol. The summed E-state index contributed by atoms with van der Waals surface area (Å²) in [7, 11) is 0. The van der Waals surface area contributed by atoms with Gasteiger partial charge in [-0.2, -0.15) is 0 Å². The first-order chi connectivity index (χ1) is 18.7. The molecule has 38 heavy (non-hydrogen) atoms. The van der Waals surface area contributed by atoms with Gasteiger partial charge in [0, 0.05) is 28.1 Å². The molecule has 0 saturated heterocycles. The van der Waals surface area contributed by atoms with Gasteiger partial charge < -0.3 is 0 Å². The van der Waals surface area contributed by atoms with Gasteiger partial charge in [0.1, 0.15) is 5.84 Å². The SMILES string of the molecule is C=N/C(=N\C(C)=N/Cc1cccc(-c2ccc3ccc4cccnc4c3n2)c1)c1cccc2ccccc12. The maximum atomic E-state index is 4.98. The number of rotatable bonds is 4. The van der Waals surface area contributed by atoms with Crippen LogP contribution in [0.25, 0.3) is 43.8 Å². The van der Waals surface area contributed by atoms with Crippen LogP contribution in [0.5, 0.6) is 0 Å². The van der Waals surface area contributed by atoms with Gasteiger partial charge in [-0.1, -0.05) is 84.9 Å². The molecule has 5 heteroatoms. The van der Waals surface area contributed by atoms with Crippen LogP contribution in [0.15, 0.2) is 124 Å². The molecule has 0 radical (unpaired) electrons. The largest absolute Gasteiger partial charge is 0.266 e. The van der Waals surface area contributed by atoms with Crippen LogP contribution in [-0.2, 0) is 6.54 Å². The number of aromatic nitrogens is 2. The summed E-state index contributed by atoms with van der Waals surface area (Å²) in [6.45, 7) is 6.15. The van der Waals surface area contributed by atoms with Gasteiger partial charge in [-0.15, -0.1) is 0 Å². The first-order valence-corrected chi connectivity index (χ1v) is 12.5. The second-order valence-corrected chi connectivity index (χ2v) is 9.09. The lowest BCUT2D eigenvalue weighted by molar-refractivity contribution is 1.06. The van der Waals surface area contributed by atoms with Gasteiger partial charge in [0.05, 0.1) is 23.3 Å². The summed E-state index contributed by atoms with van der Waals surface area (Å²) in [6, 6.07) is 35.0. The van der Waals surface area contributed by atoms with E-state index >= 15 is 0 Å². The van der Waals surface area contributed by atoms with Crippen LogP contribution >= 0.6 is 0 Å². The first kappa shape index (κ1) is 23.4. The van der Waals surface area contributed by atoms with Crippen molar-refractivity contribution in [3.05, 3.63) is 120 Å². The molecular weight excluding hydrogens is 466 g/mol. The Morgan fingerprint density at radius 3 is 2.42 bits per heavy atom. The van der Waals surface area contributed by atoms with Gasteiger partial charge >= 0.3 is 0 Å². The minimum absolute atomic E-state index is 0.501. The molecule has 2 heterocycles. The van der Waals surface area contributed by atoms with Gasteiger partial charge in [0.15, 0.2) is 5.84 Å². The Bertz CT molecular complexity index is 1880. The van der Waals surface area contributed by atoms with E-state index in [4.69, 9.17) is 15.0 Å². The zero-order valence-corrected chi connectivity index (χ0v) is 21.0. The molecule has 0 spiro atoms. The molecule has 4 aromatic carbocycles. The first-order valence-electron chi connectivity index (χ1n) is 12.5. The zero-order chi connectivity index (χ0) is 25.9. The summed E-state index contributed by atoms with van der Waals surface area (Å²) in [4.78, 5) is 23.2. The van der Waals surface area contributed by atoms with E-state index in [1.54, 1.807) is 0 Å². The second kappa shape index (κ2) is 10.1. The van der Waals surface area contributed by atoms with Crippen molar-refractivity contribution in [2.45, 2.75) is 13.5 Å². The van der Waals surface area contributed by atoms with Crippen molar-refractivity contribution in [1.29, 1.82) is 0 Å². The number of hydrogen-bond acceptors (Lipinski definition) is 3. The van der Waals surface area contributed by atoms with Crippen LogP contribution in [0.1, 0.15) is 18.1 Å². The molecule has 0 atom stereocenters. The summed E-state index contributed by atoms with van der Waals surface area (Å²) in [5, 5.41) is 4.39. The van der Waals surface area contributed by atoms with E-state index in [0.717, 1.165) is 55.0 Å². The van der Waals surface area contributed by atoms with Crippen LogP contribution in [0.3, 0.4) is 0 Å². The van der Waals surface area contributed by atoms with Crippen molar-refractivity contribution in [2.24, 2.45) is 15.0 Å². The highest BCUT2D eigenvalue weighted by molar-refractivity contribution is 6.14. The topological polar surface area (TPSA) is 62.9 Å². The average molecular weight is 492 g/mol. The fraction of sp³-hybridized carbons (Fsp3) is 0.0606. The van der Waals surface area contributed by atoms with Gasteiger partial charge in [0.25, 0.3) is 0 Å². The Hall–Kier alpha value is -5.03. The van der Waals surface area contributed by atoms with Crippen molar-refractivity contribution in [3.8, 4) is 11.3 Å². The van der Waals surface area contributed by atoms with E-state index in [9.17, 15) is 0 Å². The maximum absolute atomic E-state index is 4.98. The minimum Gasteiger partial charge on any atom is -0.266 e. The highest BCUT2D eigenvalue weighted by atomic mass is 15.0. The number of nitrogens with zero attached hydrogens (tertiary/aromatic N) is 5. The summed E-state index contributed by atoms with van der Waals surface area (Å²) in [6.07, 6.45) is 1.81. The Balaban J connectivity index is 1.29. The molecule has 0 aliphatic rings. The molecule has 0 bridgehead atoms. The second-order valence-electron chi connectivity index (χ2n) is 9.09. The molecule has 0 amide bonds. The number of pyridine rings is 2. The summed E-state index contributed by atoms with van der Waals surface area (Å²) in [5.74, 6) is 1.21. The summed E-state index contributed by atoms with van der Waals surface area (Å²) >= 11 is 0. The number of fused-ring (bicyclic) bond motifs is 4. The van der Waals surface area contributed by atoms with Crippen molar-refractivity contribution < 1.29 is 0 Å². The molecule has 182 valence electrons. The molecule has 5 nitrogen and oxygen atoms in total. The number of hydrogen-bond donors (Lipinski definition) is 0. The lowest BCUT2D eigenvalue weighted by Crippen LogP contribution is -2.02. The van der Waals surface area contributed by atoms with E-state index in [1.165, 1.54) is 0 Å². The highest BCUT2D eigenvalue weighted by Gasteiger charge is 2.08. The number of benzene rings is 4. The lowest BCUT2D eigenvalue weighted by Gasteiger charge is -2.08. The minimum atomic E-state index is 0.501. The third-order valence-corrected chi connectivity index (χ3v) is 6.59. The zero-order valence-electron chi connectivity index (χ0n) is 21.0. The summed E-state index contributed by atoms with van der Waals surface area (Å²) in [5.41, 5.74) is 5.79. The van der Waals surface area contributed by atoms with Crippen molar-refractivity contribution >= 4 is 51.0 Å². The molecule has 0 aliphatic heterocycles. The fourth-order valence-electron chi connectivity index (χ4n) is 4.71. The van der Waals surface area contributed by atoms with Crippen molar-refractivity contribution in [2.75, 3.05) is 0 Å². The van der Waals surface area contributed by atoms with Gasteiger partial charge in [0.2, 0.25) is 0 Å². The molecule has 2 aromatic heterocycles. The molecule has 6 aromatic rings. The summed E-state index contributed by atoms with van der Waals surface area (Å²) < 4.78 is 0. The lowest BCUT2D eigenvalue weighted by atomic mass is 10.0. The highest BCUT2D eigenvalue weighted by Crippen LogP contribution is 2.26. The third kappa shape index (κ3) is 4.58. The number of amidine groups is 2. The molecule has 0 N–H and O–H groups in total. The van der Waals surface area contributed by atoms with E-state index in [1.807, 2.05) is 49.5 Å². The quantitative estimate of drug-likeness (QED) is 0.144. The Morgan fingerprint density at radius 1 is 0.763 bits per heavy atom. The Morgan fingerprint density at radius 2 is 1.53 bits per heavy atom. The predicted octanol–water partition coefficient (Wildman–Crippen LogP) is 7.67. The normalized spacial score (nSPS) is 12.3. The Labute approximate surface area is 221 Å². The van der Waals surface area contributed by atoms with Crippen molar-refractivity contribution in [3.63, 3.8) is 0 Å². The van der Waals surface area contributed by atoms with Crippen molar-refractivity contribution in [1.82, 2.24) is 9.97 Å². The standard InChI is InChI=1S/C33H25N5/c1-22(37-33(34-2)29-14-6-10-24-9-3-4-13-28(24)29)36-21-23-8-5-11-27(20-23)30-18-17-26-16-15-25-12-7-19-35-31(25)32(26)38-30/h3-20H,2,21H2,1H3/b36-22-,37-33-. The number of aliphatic imine (C=N–C) groups is 3. The van der Waals surface area contributed by atoms with Gasteiger partial charge in [-0.3, -0.25) is 9.98 Å². The third-order valence-electron chi connectivity index (χ3n) is 6.59. The van der Waals surface area contributed by atoms with Crippen LogP contribution < -0.4 is 0 Å². The molecule has 0 fully saturated rings. The molecule has 0 unspecified atom stereocenters. The average Bonchev–Trinajstić information content (AvgIpc) is 2.98. The van der Waals surface area contributed by atoms with E-state index in [2.05, 4.69) is 83.4 Å². The maximum Gasteiger partial charge on any atom is 0.161 e. The molecule has 6 rings (SSSR count). The fourth-order valence-corrected chi connectivity index (χ4v) is 4.71. The van der Waals surface area contributed by atoms with E-state index in [0.29, 0.717) is 18.2 Å². The van der Waals surface area contributed by atoms with Crippen LogP contribution in [-0.4, -0.2) is 28.4 Å². The van der Waals surface area contributed by atoms with Gasteiger partial charge in [-0.25, -0.2) is 15.0 Å². The van der Waals surface area contributed by atoms with Crippen LogP contribution in [0.4, 0.5) is 0 Å². The molecular formula is C33H25N5. The molecule has 0 saturated carbocycles. The predicted molar refractivity (Wildman–Crippen MR) is 159 cm³/mol. The van der Waals surface area contributed by atoms with E-state index < -0.39 is 0 Å². The van der Waals surface area contributed by atoms with Gasteiger partial charge in [-0.05, 0) is 48.2 Å². The smallest absolute Gasteiger partial charge is 0.161 e. The van der Waals surface area contributed by atoms with Crippen LogP contribution in [0.2, 0.25) is 0 Å². The van der Waals surface area contributed by atoms with Crippen LogP contribution in [0, 0.1) is 0 Å². The Kier molecular flexibility index (Phi) is 6.24. The van der Waals surface area contributed by atoms with E-state index in [-0.39, 0.29) is 0 Å².